The van der Waals surface area contributed by atoms with Crippen LogP contribution >= 0.6 is 23.2 Å². The Balaban J connectivity index is 2.22. The molecule has 0 aliphatic rings. The van der Waals surface area contributed by atoms with E-state index in [9.17, 15) is 18.0 Å². The zero-order valence-corrected chi connectivity index (χ0v) is 18.4. The second-order valence-corrected chi connectivity index (χ2v) is 8.91. The highest BCUT2D eigenvalue weighted by molar-refractivity contribution is 7.92. The maximum Gasteiger partial charge on any atom is 0.338 e. The SMILES string of the molecule is CCOC(=O)c1ccc(NC(=O)CN(c2ccc(Cl)cc2Cl)S(C)(=O)=O)c(C)c1. The third-order valence-corrected chi connectivity index (χ3v) is 5.54. The number of esters is 1. The Morgan fingerprint density at radius 3 is 2.38 bits per heavy atom. The van der Waals surface area contributed by atoms with Crippen LogP contribution in [0.1, 0.15) is 22.8 Å². The number of ether oxygens (including phenoxy) is 1. The van der Waals surface area contributed by atoms with Gasteiger partial charge in [0.25, 0.3) is 0 Å². The van der Waals surface area contributed by atoms with E-state index in [1.165, 1.54) is 24.3 Å². The molecule has 0 aliphatic carbocycles. The van der Waals surface area contributed by atoms with E-state index in [1.807, 2.05) is 0 Å². The van der Waals surface area contributed by atoms with Gasteiger partial charge in [-0.1, -0.05) is 23.2 Å². The third-order valence-electron chi connectivity index (χ3n) is 3.88. The van der Waals surface area contributed by atoms with Gasteiger partial charge in [-0.3, -0.25) is 9.10 Å². The lowest BCUT2D eigenvalue weighted by atomic mass is 10.1. The molecule has 0 spiro atoms. The topological polar surface area (TPSA) is 92.8 Å². The number of carbonyl (C=O) groups is 2. The van der Waals surface area contributed by atoms with Crippen LogP contribution in [0.2, 0.25) is 10.0 Å². The molecule has 0 fully saturated rings. The van der Waals surface area contributed by atoms with Crippen LogP contribution in [0, 0.1) is 6.92 Å². The number of carbonyl (C=O) groups excluding carboxylic acids is 2. The van der Waals surface area contributed by atoms with E-state index >= 15 is 0 Å². The van der Waals surface area contributed by atoms with Crippen LogP contribution in [0.5, 0.6) is 0 Å². The molecule has 0 aromatic heterocycles. The molecule has 2 aromatic carbocycles. The fourth-order valence-corrected chi connectivity index (χ4v) is 3.96. The first kappa shape index (κ1) is 23.0. The van der Waals surface area contributed by atoms with Gasteiger partial charge in [-0.05, 0) is 55.8 Å². The molecule has 2 rings (SSSR count). The standard InChI is InChI=1S/C19H20Cl2N2O5S/c1-4-28-19(25)13-5-7-16(12(2)9-13)22-18(24)11-23(29(3,26)27)17-8-6-14(20)10-15(17)21/h5-10H,4,11H2,1-3H3,(H,22,24). The molecule has 0 atom stereocenters. The first-order chi connectivity index (χ1) is 13.5. The number of nitrogens with zero attached hydrogens (tertiary/aromatic N) is 1. The number of halogens is 2. The molecule has 0 aliphatic heterocycles. The summed E-state index contributed by atoms with van der Waals surface area (Å²) in [6.45, 7) is 3.19. The lowest BCUT2D eigenvalue weighted by molar-refractivity contribution is -0.114. The molecular formula is C19H20Cl2N2O5S. The van der Waals surface area contributed by atoms with Crippen LogP contribution in [0.25, 0.3) is 0 Å². The van der Waals surface area contributed by atoms with Gasteiger partial charge in [0, 0.05) is 10.7 Å². The Morgan fingerprint density at radius 2 is 1.83 bits per heavy atom. The number of aryl methyl sites for hydroxylation is 1. The van der Waals surface area contributed by atoms with Crippen molar-refractivity contribution in [3.8, 4) is 0 Å². The van der Waals surface area contributed by atoms with Gasteiger partial charge in [0.2, 0.25) is 15.9 Å². The highest BCUT2D eigenvalue weighted by atomic mass is 35.5. The van der Waals surface area contributed by atoms with E-state index in [2.05, 4.69) is 5.32 Å². The van der Waals surface area contributed by atoms with Gasteiger partial charge in [0.15, 0.2) is 0 Å². The Bertz CT molecular complexity index is 1040. The maximum atomic E-state index is 12.5. The van der Waals surface area contributed by atoms with Crippen molar-refractivity contribution in [2.24, 2.45) is 0 Å². The lowest BCUT2D eigenvalue weighted by Crippen LogP contribution is -2.37. The van der Waals surface area contributed by atoms with Crippen molar-refractivity contribution in [1.29, 1.82) is 0 Å². The summed E-state index contributed by atoms with van der Waals surface area (Å²) in [5.41, 5.74) is 1.56. The Kier molecular flexibility index (Phi) is 7.51. The molecule has 0 saturated carbocycles. The van der Waals surface area contributed by atoms with Crippen molar-refractivity contribution in [3.05, 3.63) is 57.6 Å². The molecule has 1 amide bonds. The molecule has 29 heavy (non-hydrogen) atoms. The first-order valence-corrected chi connectivity index (χ1v) is 11.1. The highest BCUT2D eigenvalue weighted by Gasteiger charge is 2.23. The van der Waals surface area contributed by atoms with Gasteiger partial charge < -0.3 is 10.1 Å². The second-order valence-electron chi connectivity index (χ2n) is 6.16. The summed E-state index contributed by atoms with van der Waals surface area (Å²) >= 11 is 12.0. The van der Waals surface area contributed by atoms with Crippen LogP contribution < -0.4 is 9.62 Å². The van der Waals surface area contributed by atoms with Gasteiger partial charge in [-0.15, -0.1) is 0 Å². The fourth-order valence-electron chi connectivity index (χ4n) is 2.53. The van der Waals surface area contributed by atoms with Gasteiger partial charge in [-0.2, -0.15) is 0 Å². The van der Waals surface area contributed by atoms with E-state index in [-0.39, 0.29) is 17.3 Å². The van der Waals surface area contributed by atoms with Gasteiger partial charge >= 0.3 is 5.97 Å². The van der Waals surface area contributed by atoms with E-state index in [4.69, 9.17) is 27.9 Å². The predicted octanol–water partition coefficient (Wildman–Crippen LogP) is 3.88. The summed E-state index contributed by atoms with van der Waals surface area (Å²) in [5.74, 6) is -1.04. The summed E-state index contributed by atoms with van der Waals surface area (Å²) in [6.07, 6.45) is 0.977. The molecule has 0 saturated heterocycles. The Morgan fingerprint density at radius 1 is 1.14 bits per heavy atom. The van der Waals surface area contributed by atoms with Gasteiger partial charge in [0.05, 0.1) is 29.1 Å². The van der Waals surface area contributed by atoms with Crippen LogP contribution in [0.4, 0.5) is 11.4 Å². The predicted molar refractivity (Wildman–Crippen MR) is 114 cm³/mol. The van der Waals surface area contributed by atoms with Crippen LogP contribution in [0.3, 0.4) is 0 Å². The number of benzene rings is 2. The molecule has 1 N–H and O–H groups in total. The maximum absolute atomic E-state index is 12.5. The molecule has 7 nitrogen and oxygen atoms in total. The summed E-state index contributed by atoms with van der Waals surface area (Å²) in [4.78, 5) is 24.3. The van der Waals surface area contributed by atoms with Crippen molar-refractivity contribution in [3.63, 3.8) is 0 Å². The highest BCUT2D eigenvalue weighted by Crippen LogP contribution is 2.30. The molecule has 0 heterocycles. The smallest absolute Gasteiger partial charge is 0.338 e. The lowest BCUT2D eigenvalue weighted by Gasteiger charge is -2.23. The summed E-state index contributed by atoms with van der Waals surface area (Å²) in [6, 6.07) is 8.96. The normalized spacial score (nSPS) is 11.1. The molecule has 0 radical (unpaired) electrons. The minimum atomic E-state index is -3.79. The van der Waals surface area contributed by atoms with E-state index in [0.717, 1.165) is 10.6 Å². The van der Waals surface area contributed by atoms with Crippen LogP contribution in [0.15, 0.2) is 36.4 Å². The number of hydrogen-bond donors (Lipinski definition) is 1. The Labute approximate surface area is 179 Å². The molecule has 0 bridgehead atoms. The molecule has 0 unspecified atom stereocenters. The van der Waals surface area contributed by atoms with Gasteiger partial charge in [-0.25, -0.2) is 13.2 Å². The van der Waals surface area contributed by atoms with Crippen LogP contribution in [-0.4, -0.2) is 39.7 Å². The average Bonchev–Trinajstić information content (AvgIpc) is 2.61. The van der Waals surface area contributed by atoms with Gasteiger partial charge in [0.1, 0.15) is 6.54 Å². The van der Waals surface area contributed by atoms with Crippen molar-refractivity contribution in [2.75, 3.05) is 29.0 Å². The molecule has 2 aromatic rings. The van der Waals surface area contributed by atoms with E-state index < -0.39 is 28.4 Å². The summed E-state index contributed by atoms with van der Waals surface area (Å²) in [5, 5.41) is 3.09. The van der Waals surface area contributed by atoms with Crippen LogP contribution in [-0.2, 0) is 19.6 Å². The minimum Gasteiger partial charge on any atom is -0.462 e. The summed E-state index contributed by atoms with van der Waals surface area (Å²) in [7, 11) is -3.79. The minimum absolute atomic E-state index is 0.102. The number of sulfonamides is 1. The third kappa shape index (κ3) is 6.09. The zero-order chi connectivity index (χ0) is 21.8. The number of anilines is 2. The van der Waals surface area contributed by atoms with E-state index in [0.29, 0.717) is 21.8 Å². The van der Waals surface area contributed by atoms with Crippen molar-refractivity contribution < 1.29 is 22.7 Å². The molecule has 156 valence electrons. The fraction of sp³-hybridized carbons (Fsp3) is 0.263. The van der Waals surface area contributed by atoms with Crippen molar-refractivity contribution in [1.82, 2.24) is 0 Å². The number of rotatable bonds is 7. The number of hydrogen-bond acceptors (Lipinski definition) is 5. The van der Waals surface area contributed by atoms with Crippen molar-refractivity contribution in [2.45, 2.75) is 13.8 Å². The largest absolute Gasteiger partial charge is 0.462 e. The first-order valence-electron chi connectivity index (χ1n) is 8.53. The number of amides is 1. The zero-order valence-electron chi connectivity index (χ0n) is 16.0. The van der Waals surface area contributed by atoms with Crippen molar-refractivity contribution >= 4 is 56.5 Å². The number of nitrogens with one attached hydrogen (secondary N) is 1. The monoisotopic (exact) mass is 458 g/mol. The average molecular weight is 459 g/mol. The summed E-state index contributed by atoms with van der Waals surface area (Å²) < 4.78 is 30.2. The Hall–Kier alpha value is -2.29. The molecular weight excluding hydrogens is 439 g/mol. The second kappa shape index (κ2) is 9.47. The quantitative estimate of drug-likeness (QED) is 0.635. The molecule has 10 heteroatoms. The van der Waals surface area contributed by atoms with E-state index in [1.54, 1.807) is 26.0 Å².